The van der Waals surface area contributed by atoms with Crippen LogP contribution in [0.5, 0.6) is 0 Å². The first-order valence-corrected chi connectivity index (χ1v) is 10.8. The van der Waals surface area contributed by atoms with Gasteiger partial charge >= 0.3 is 0 Å². The van der Waals surface area contributed by atoms with E-state index in [1.165, 1.54) is 10.9 Å². The van der Waals surface area contributed by atoms with E-state index in [1.54, 1.807) is 0 Å². The van der Waals surface area contributed by atoms with Crippen molar-refractivity contribution in [3.05, 3.63) is 72.4 Å². The fourth-order valence-electron chi connectivity index (χ4n) is 4.44. The predicted molar refractivity (Wildman–Crippen MR) is 126 cm³/mol. The van der Waals surface area contributed by atoms with Crippen molar-refractivity contribution in [3.8, 4) is 6.19 Å². The number of nitrogens with one attached hydrogen (secondary N) is 2. The van der Waals surface area contributed by atoms with Crippen molar-refractivity contribution in [2.75, 3.05) is 31.5 Å². The topological polar surface area (TPSA) is 76.3 Å². The van der Waals surface area contributed by atoms with Crippen LogP contribution in [0.2, 0.25) is 0 Å². The van der Waals surface area contributed by atoms with Gasteiger partial charge in [0.25, 0.3) is 0 Å². The molecule has 1 saturated heterocycles. The van der Waals surface area contributed by atoms with Gasteiger partial charge in [-0.15, -0.1) is 0 Å². The molecule has 0 aliphatic carbocycles. The van der Waals surface area contributed by atoms with Crippen LogP contribution in [-0.4, -0.2) is 42.0 Å². The van der Waals surface area contributed by atoms with Gasteiger partial charge in [0.1, 0.15) is 5.82 Å². The van der Waals surface area contributed by atoms with E-state index >= 15 is 0 Å². The highest BCUT2D eigenvalue weighted by molar-refractivity contribution is 5.91. The molecule has 4 rings (SSSR count). The molecule has 0 amide bonds. The number of anilines is 1. The quantitative estimate of drug-likeness (QED) is 0.285. The lowest BCUT2D eigenvalue weighted by atomic mass is 9.72. The maximum absolute atomic E-state index is 9.09. The molecule has 6 nitrogen and oxygen atoms in total. The number of fused-ring (bicyclic) bond motifs is 1. The highest BCUT2D eigenvalue weighted by Gasteiger charge is 2.37. The fraction of sp³-hybridized carbons (Fsp3) is 0.320. The minimum absolute atomic E-state index is 0.0135. The molecule has 0 radical (unpaired) electrons. The van der Waals surface area contributed by atoms with Gasteiger partial charge in [0, 0.05) is 43.2 Å². The van der Waals surface area contributed by atoms with Crippen molar-refractivity contribution in [1.82, 2.24) is 15.2 Å². The third-order valence-corrected chi connectivity index (χ3v) is 6.15. The molecule has 1 aromatic heterocycles. The molecule has 2 N–H and O–H groups in total. The van der Waals surface area contributed by atoms with Crippen molar-refractivity contribution in [2.45, 2.75) is 25.2 Å². The number of guanidine groups is 1. The van der Waals surface area contributed by atoms with Crippen molar-refractivity contribution in [2.24, 2.45) is 4.99 Å². The lowest BCUT2D eigenvalue weighted by molar-refractivity contribution is 0.231. The molecule has 0 bridgehead atoms. The lowest BCUT2D eigenvalue weighted by Crippen LogP contribution is -2.51. The van der Waals surface area contributed by atoms with Crippen molar-refractivity contribution in [3.63, 3.8) is 0 Å². The van der Waals surface area contributed by atoms with E-state index in [1.807, 2.05) is 25.4 Å². The third-order valence-electron chi connectivity index (χ3n) is 6.15. The standard InChI is InChI=1S/C25H28N6/c1-2-27-24(30-19-26)31-16-13-25(14-17-31,21-9-4-3-5-10-21)18-29-23-22-11-7-6-8-20(22)12-15-28-23/h3-12,15H,2,13-14,16-18H2,1H3,(H,27,30)(H,28,29). The van der Waals surface area contributed by atoms with E-state index in [4.69, 9.17) is 5.26 Å². The fourth-order valence-corrected chi connectivity index (χ4v) is 4.44. The number of nitriles is 1. The van der Waals surface area contributed by atoms with E-state index in [0.29, 0.717) is 12.5 Å². The molecule has 3 aromatic rings. The van der Waals surface area contributed by atoms with Gasteiger partial charge in [0.2, 0.25) is 5.96 Å². The second kappa shape index (κ2) is 9.48. The number of pyridine rings is 1. The van der Waals surface area contributed by atoms with Crippen LogP contribution in [-0.2, 0) is 5.41 Å². The molecule has 0 saturated carbocycles. The largest absolute Gasteiger partial charge is 0.369 e. The molecule has 0 atom stereocenters. The Bertz CT molecular complexity index is 1070. The summed E-state index contributed by atoms with van der Waals surface area (Å²) in [5, 5.41) is 17.8. The lowest BCUT2D eigenvalue weighted by Gasteiger charge is -2.43. The van der Waals surface area contributed by atoms with E-state index in [2.05, 4.69) is 80.1 Å². The number of hydrogen-bond donors (Lipinski definition) is 2. The molecule has 1 aliphatic heterocycles. The normalized spacial score (nSPS) is 16.0. The summed E-state index contributed by atoms with van der Waals surface area (Å²) in [7, 11) is 0. The molecule has 1 fully saturated rings. The summed E-state index contributed by atoms with van der Waals surface area (Å²) in [6, 6.07) is 21.1. The molecule has 0 spiro atoms. The minimum Gasteiger partial charge on any atom is -0.369 e. The summed E-state index contributed by atoms with van der Waals surface area (Å²) in [5.74, 6) is 1.60. The third kappa shape index (κ3) is 4.46. The summed E-state index contributed by atoms with van der Waals surface area (Å²) in [5.41, 5.74) is 1.32. The zero-order valence-corrected chi connectivity index (χ0v) is 17.9. The van der Waals surface area contributed by atoms with E-state index in [9.17, 15) is 0 Å². The summed E-state index contributed by atoms with van der Waals surface area (Å²) in [6.07, 6.45) is 5.81. The van der Waals surface area contributed by atoms with E-state index in [-0.39, 0.29) is 5.41 Å². The maximum Gasteiger partial charge on any atom is 0.207 e. The number of piperidine rings is 1. The number of likely N-dealkylation sites (tertiary alicyclic amines) is 1. The number of aromatic nitrogens is 1. The molecular formula is C25H28N6. The van der Waals surface area contributed by atoms with Crippen LogP contribution in [0.1, 0.15) is 25.3 Å². The zero-order valence-electron chi connectivity index (χ0n) is 17.9. The second-order valence-corrected chi connectivity index (χ2v) is 7.90. The van der Waals surface area contributed by atoms with Crippen LogP contribution >= 0.6 is 0 Å². The van der Waals surface area contributed by atoms with Gasteiger partial charge in [-0.1, -0.05) is 54.6 Å². The molecular weight excluding hydrogens is 384 g/mol. The Morgan fingerprint density at radius 3 is 2.58 bits per heavy atom. The number of rotatable bonds is 5. The summed E-state index contributed by atoms with van der Waals surface area (Å²) < 4.78 is 0. The Balaban J connectivity index is 1.58. The molecule has 2 aromatic carbocycles. The highest BCUT2D eigenvalue weighted by Crippen LogP contribution is 2.36. The van der Waals surface area contributed by atoms with Gasteiger partial charge in [-0.25, -0.2) is 4.98 Å². The van der Waals surface area contributed by atoms with Gasteiger partial charge in [0.15, 0.2) is 6.19 Å². The van der Waals surface area contributed by atoms with Crippen LogP contribution in [0.15, 0.2) is 71.9 Å². The zero-order chi connectivity index (χ0) is 21.5. The Kier molecular flexibility index (Phi) is 6.32. The average molecular weight is 413 g/mol. The van der Waals surface area contributed by atoms with Crippen molar-refractivity contribution < 1.29 is 0 Å². The second-order valence-electron chi connectivity index (χ2n) is 7.90. The number of benzene rings is 2. The Morgan fingerprint density at radius 2 is 1.84 bits per heavy atom. The van der Waals surface area contributed by atoms with E-state index < -0.39 is 0 Å². The van der Waals surface area contributed by atoms with Gasteiger partial charge in [0.05, 0.1) is 0 Å². The summed E-state index contributed by atoms with van der Waals surface area (Å²) in [6.45, 7) is 5.12. The van der Waals surface area contributed by atoms with Gasteiger partial charge in [-0.3, -0.25) is 10.3 Å². The molecule has 0 unspecified atom stereocenters. The average Bonchev–Trinajstić information content (AvgIpc) is 2.83. The summed E-state index contributed by atoms with van der Waals surface area (Å²) in [4.78, 5) is 11.3. The van der Waals surface area contributed by atoms with Crippen LogP contribution in [0.4, 0.5) is 5.82 Å². The maximum atomic E-state index is 9.09. The Hall–Kier alpha value is -3.59. The first-order chi connectivity index (χ1) is 15.3. The van der Waals surface area contributed by atoms with Crippen LogP contribution in [0.25, 0.3) is 10.8 Å². The molecule has 158 valence electrons. The van der Waals surface area contributed by atoms with Crippen LogP contribution in [0.3, 0.4) is 0 Å². The highest BCUT2D eigenvalue weighted by atomic mass is 15.3. The SMILES string of the molecule is CCN=C(NC#N)N1CCC(CNc2nccc3ccccc23)(c2ccccc2)CC1. The molecule has 31 heavy (non-hydrogen) atoms. The number of aliphatic imine (C=N–C) groups is 1. The van der Waals surface area contributed by atoms with Crippen LogP contribution < -0.4 is 10.6 Å². The van der Waals surface area contributed by atoms with Crippen LogP contribution in [0, 0.1) is 11.5 Å². The number of hydrogen-bond acceptors (Lipinski definition) is 4. The van der Waals surface area contributed by atoms with Gasteiger partial charge in [-0.2, -0.15) is 5.26 Å². The van der Waals surface area contributed by atoms with Gasteiger partial charge < -0.3 is 10.2 Å². The van der Waals surface area contributed by atoms with Crippen molar-refractivity contribution in [1.29, 1.82) is 5.26 Å². The molecule has 2 heterocycles. The minimum atomic E-state index is -0.0135. The smallest absolute Gasteiger partial charge is 0.207 e. The van der Waals surface area contributed by atoms with Crippen molar-refractivity contribution >= 4 is 22.5 Å². The predicted octanol–water partition coefficient (Wildman–Crippen LogP) is 4.13. The summed E-state index contributed by atoms with van der Waals surface area (Å²) >= 11 is 0. The molecule has 1 aliphatic rings. The Labute approximate surface area is 183 Å². The molecule has 6 heteroatoms. The van der Waals surface area contributed by atoms with E-state index in [0.717, 1.165) is 43.7 Å². The number of nitrogens with zero attached hydrogens (tertiary/aromatic N) is 4. The first kappa shape index (κ1) is 20.7. The first-order valence-electron chi connectivity index (χ1n) is 10.8. The monoisotopic (exact) mass is 412 g/mol. The Morgan fingerprint density at radius 1 is 1.10 bits per heavy atom. The van der Waals surface area contributed by atoms with Gasteiger partial charge in [-0.05, 0) is 36.8 Å².